The summed E-state index contributed by atoms with van der Waals surface area (Å²) in [7, 11) is 0. The van der Waals surface area contributed by atoms with Crippen LogP contribution in [0.3, 0.4) is 0 Å². The Hall–Kier alpha value is -3.30. The number of hydrogen-bond donors (Lipinski definition) is 1. The highest BCUT2D eigenvalue weighted by molar-refractivity contribution is 7.71. The summed E-state index contributed by atoms with van der Waals surface area (Å²) in [5, 5.41) is 11.6. The van der Waals surface area contributed by atoms with Crippen molar-refractivity contribution in [1.82, 2.24) is 29.9 Å². The van der Waals surface area contributed by atoms with Crippen LogP contribution in [0.1, 0.15) is 37.1 Å². The SMILES string of the molecule is Cc1ccc(C=Cc2nc(=S)n(CN(Cc3nnc(-c4ccccc4)o3)C(C)C)[nH]2)o1. The molecule has 9 heteroatoms. The Morgan fingerprint density at radius 2 is 1.90 bits per heavy atom. The van der Waals surface area contributed by atoms with Crippen LogP contribution in [0, 0.1) is 11.7 Å². The lowest BCUT2D eigenvalue weighted by Crippen LogP contribution is -2.33. The molecular formula is C22H24N6O2S. The molecule has 0 atom stereocenters. The molecule has 0 aliphatic carbocycles. The molecule has 4 aromatic rings. The van der Waals surface area contributed by atoms with E-state index in [4.69, 9.17) is 21.1 Å². The van der Waals surface area contributed by atoms with E-state index in [0.717, 1.165) is 17.1 Å². The maximum atomic E-state index is 5.87. The third-order valence-corrected chi connectivity index (χ3v) is 5.05. The fourth-order valence-electron chi connectivity index (χ4n) is 3.02. The highest BCUT2D eigenvalue weighted by atomic mass is 32.1. The van der Waals surface area contributed by atoms with Crippen molar-refractivity contribution in [2.75, 3.05) is 0 Å². The van der Waals surface area contributed by atoms with Crippen LogP contribution >= 0.6 is 12.2 Å². The minimum atomic E-state index is 0.224. The molecule has 3 aromatic heterocycles. The van der Waals surface area contributed by atoms with Crippen LogP contribution in [-0.4, -0.2) is 35.9 Å². The summed E-state index contributed by atoms with van der Waals surface area (Å²) in [5.41, 5.74) is 0.899. The quantitative estimate of drug-likeness (QED) is 0.392. The van der Waals surface area contributed by atoms with Crippen LogP contribution in [0.5, 0.6) is 0 Å². The Morgan fingerprint density at radius 3 is 2.61 bits per heavy atom. The molecule has 0 unspecified atom stereocenters. The van der Waals surface area contributed by atoms with Crippen molar-refractivity contribution < 1.29 is 8.83 Å². The summed E-state index contributed by atoms with van der Waals surface area (Å²) < 4.78 is 13.7. The predicted octanol–water partition coefficient (Wildman–Crippen LogP) is 4.93. The van der Waals surface area contributed by atoms with Gasteiger partial charge in [-0.1, -0.05) is 18.2 Å². The number of nitrogens with one attached hydrogen (secondary N) is 1. The molecule has 160 valence electrons. The Bertz CT molecular complexity index is 1220. The van der Waals surface area contributed by atoms with E-state index in [-0.39, 0.29) is 6.04 Å². The minimum absolute atomic E-state index is 0.224. The Kier molecular flexibility index (Phi) is 6.24. The molecule has 0 saturated carbocycles. The van der Waals surface area contributed by atoms with Crippen LogP contribution < -0.4 is 0 Å². The molecule has 31 heavy (non-hydrogen) atoms. The molecular weight excluding hydrogens is 412 g/mol. The zero-order valence-corrected chi connectivity index (χ0v) is 18.5. The number of H-pyrrole nitrogens is 1. The van der Waals surface area contributed by atoms with Crippen molar-refractivity contribution in [3.05, 3.63) is 70.5 Å². The van der Waals surface area contributed by atoms with E-state index in [1.54, 1.807) is 0 Å². The third-order valence-electron chi connectivity index (χ3n) is 4.74. The molecule has 1 N–H and O–H groups in total. The summed E-state index contributed by atoms with van der Waals surface area (Å²) >= 11 is 5.43. The summed E-state index contributed by atoms with van der Waals surface area (Å²) in [6.07, 6.45) is 3.70. The van der Waals surface area contributed by atoms with Gasteiger partial charge in [0.25, 0.3) is 0 Å². The molecule has 1 aromatic carbocycles. The smallest absolute Gasteiger partial charge is 0.247 e. The summed E-state index contributed by atoms with van der Waals surface area (Å²) in [6, 6.07) is 13.8. The predicted molar refractivity (Wildman–Crippen MR) is 120 cm³/mol. The molecule has 0 spiro atoms. The Balaban J connectivity index is 1.46. The van der Waals surface area contributed by atoms with Gasteiger partial charge in [0.2, 0.25) is 16.6 Å². The maximum absolute atomic E-state index is 5.87. The number of aromatic amines is 1. The van der Waals surface area contributed by atoms with Gasteiger partial charge in [0.1, 0.15) is 17.3 Å². The van der Waals surface area contributed by atoms with Crippen LogP contribution in [-0.2, 0) is 13.2 Å². The van der Waals surface area contributed by atoms with Crippen LogP contribution in [0.15, 0.2) is 51.3 Å². The summed E-state index contributed by atoms with van der Waals surface area (Å²) in [4.78, 5) is 6.58. The van der Waals surface area contributed by atoms with Gasteiger partial charge in [-0.05, 0) is 69.4 Å². The van der Waals surface area contributed by atoms with E-state index < -0.39 is 0 Å². The van der Waals surface area contributed by atoms with E-state index in [1.165, 1.54) is 0 Å². The summed E-state index contributed by atoms with van der Waals surface area (Å²) in [5.74, 6) is 3.35. The average Bonchev–Trinajstić information content (AvgIpc) is 3.47. The molecule has 0 bridgehead atoms. The number of rotatable bonds is 8. The van der Waals surface area contributed by atoms with Crippen molar-refractivity contribution in [2.24, 2.45) is 0 Å². The van der Waals surface area contributed by atoms with E-state index >= 15 is 0 Å². The van der Waals surface area contributed by atoms with E-state index in [2.05, 4.69) is 39.0 Å². The second-order valence-electron chi connectivity index (χ2n) is 7.45. The molecule has 0 radical (unpaired) electrons. The lowest BCUT2D eigenvalue weighted by atomic mass is 10.2. The monoisotopic (exact) mass is 436 g/mol. The standard InChI is InChI=1S/C22H24N6O2S/c1-15(2)27(13-20-24-25-21(30-20)17-7-5-4-6-8-17)14-28-22(31)23-19(26-28)12-11-18-10-9-16(3)29-18/h4-12,15H,13-14H2,1-3H3,(H,23,26,31). The van der Waals surface area contributed by atoms with Gasteiger partial charge < -0.3 is 8.83 Å². The van der Waals surface area contributed by atoms with Gasteiger partial charge in [-0.2, -0.15) is 4.98 Å². The fraction of sp³-hybridized carbons (Fsp3) is 0.273. The van der Waals surface area contributed by atoms with Crippen LogP contribution in [0.25, 0.3) is 23.6 Å². The normalized spacial score (nSPS) is 11.9. The Labute approximate surface area is 185 Å². The van der Waals surface area contributed by atoms with Crippen LogP contribution in [0.4, 0.5) is 0 Å². The fourth-order valence-corrected chi connectivity index (χ4v) is 3.22. The summed E-state index contributed by atoms with van der Waals surface area (Å²) in [6.45, 7) is 7.13. The van der Waals surface area contributed by atoms with E-state index in [0.29, 0.717) is 35.6 Å². The first-order valence-corrected chi connectivity index (χ1v) is 10.4. The number of furan rings is 1. The Morgan fingerprint density at radius 1 is 1.10 bits per heavy atom. The van der Waals surface area contributed by atoms with Gasteiger partial charge in [-0.3, -0.25) is 10.00 Å². The molecule has 0 fully saturated rings. The third kappa shape index (κ3) is 5.25. The van der Waals surface area contributed by atoms with Gasteiger partial charge >= 0.3 is 0 Å². The molecule has 0 aliphatic rings. The second-order valence-corrected chi connectivity index (χ2v) is 7.82. The number of nitrogens with zero attached hydrogens (tertiary/aromatic N) is 5. The van der Waals surface area contributed by atoms with E-state index in [9.17, 15) is 0 Å². The van der Waals surface area contributed by atoms with Crippen molar-refractivity contribution in [3.8, 4) is 11.5 Å². The molecule has 0 amide bonds. The highest BCUT2D eigenvalue weighted by Gasteiger charge is 2.17. The lowest BCUT2D eigenvalue weighted by Gasteiger charge is -2.24. The topological polar surface area (TPSA) is 88.9 Å². The molecule has 8 nitrogen and oxygen atoms in total. The number of aryl methyl sites for hydroxylation is 1. The van der Waals surface area contributed by atoms with Gasteiger partial charge in [-0.25, -0.2) is 4.68 Å². The largest absolute Gasteiger partial charge is 0.462 e. The zero-order valence-electron chi connectivity index (χ0n) is 17.6. The maximum Gasteiger partial charge on any atom is 0.247 e. The first-order valence-electron chi connectivity index (χ1n) is 10.0. The van der Waals surface area contributed by atoms with E-state index in [1.807, 2.05) is 66.2 Å². The van der Waals surface area contributed by atoms with Crippen molar-refractivity contribution in [1.29, 1.82) is 0 Å². The molecule has 0 saturated heterocycles. The van der Waals surface area contributed by atoms with Crippen molar-refractivity contribution in [3.63, 3.8) is 0 Å². The second kappa shape index (κ2) is 9.23. The first-order chi connectivity index (χ1) is 15.0. The van der Waals surface area contributed by atoms with Gasteiger partial charge in [0.15, 0.2) is 0 Å². The average molecular weight is 437 g/mol. The molecule has 4 rings (SSSR count). The van der Waals surface area contributed by atoms with Gasteiger partial charge in [-0.15, -0.1) is 10.2 Å². The van der Waals surface area contributed by atoms with Crippen LogP contribution in [0.2, 0.25) is 0 Å². The van der Waals surface area contributed by atoms with Crippen molar-refractivity contribution in [2.45, 2.75) is 40.0 Å². The number of benzene rings is 1. The first kappa shape index (κ1) is 21.0. The number of hydrogen-bond acceptors (Lipinski definition) is 7. The highest BCUT2D eigenvalue weighted by Crippen LogP contribution is 2.18. The van der Waals surface area contributed by atoms with Gasteiger partial charge in [0.05, 0.1) is 13.2 Å². The lowest BCUT2D eigenvalue weighted by molar-refractivity contribution is 0.139. The van der Waals surface area contributed by atoms with Gasteiger partial charge in [0, 0.05) is 11.6 Å². The minimum Gasteiger partial charge on any atom is -0.462 e. The molecule has 3 heterocycles. The number of aromatic nitrogens is 5. The molecule has 0 aliphatic heterocycles. The zero-order chi connectivity index (χ0) is 21.8. The van der Waals surface area contributed by atoms with Crippen molar-refractivity contribution >= 4 is 24.4 Å².